The summed E-state index contributed by atoms with van der Waals surface area (Å²) in [6, 6.07) is 16.1. The molecule has 1 aromatic carbocycles. The number of para-hydroxylation sites is 1. The third-order valence-electron chi connectivity index (χ3n) is 6.28. The van der Waals surface area contributed by atoms with Gasteiger partial charge in [0.05, 0.1) is 19.6 Å². The van der Waals surface area contributed by atoms with Gasteiger partial charge in [-0.05, 0) is 30.0 Å². The molecule has 148 valence electrons. The topological polar surface area (TPSA) is 51.6 Å². The highest BCUT2D eigenvalue weighted by molar-refractivity contribution is 5.79. The molecule has 2 aliphatic heterocycles. The summed E-state index contributed by atoms with van der Waals surface area (Å²) >= 11 is 0. The summed E-state index contributed by atoms with van der Waals surface area (Å²) in [5.74, 6) is 0.965. The SMILES string of the molecule is O=c1cccc2n1C[C@@H]1C[C@@H]2C[NH+](CC(O)Cn2ccc3ccccc32)C1.[Cl-]. The highest BCUT2D eigenvalue weighted by Gasteiger charge is 2.37. The van der Waals surface area contributed by atoms with E-state index >= 15 is 0 Å². The molecule has 4 atom stereocenters. The minimum atomic E-state index is -0.368. The molecule has 4 heterocycles. The highest BCUT2D eigenvalue weighted by atomic mass is 35.5. The number of piperidine rings is 1. The fourth-order valence-electron chi connectivity index (χ4n) is 5.21. The second-order valence-corrected chi connectivity index (χ2v) is 8.24. The van der Waals surface area contributed by atoms with Crippen LogP contribution in [0.25, 0.3) is 10.9 Å². The summed E-state index contributed by atoms with van der Waals surface area (Å²) in [6.45, 7) is 4.26. The van der Waals surface area contributed by atoms with Crippen molar-refractivity contribution >= 4 is 10.9 Å². The number of nitrogens with zero attached hydrogens (tertiary/aromatic N) is 2. The van der Waals surface area contributed by atoms with Crippen LogP contribution in [0.5, 0.6) is 0 Å². The van der Waals surface area contributed by atoms with Gasteiger partial charge in [0.25, 0.3) is 5.56 Å². The number of quaternary nitrogens is 1. The van der Waals surface area contributed by atoms with E-state index in [1.165, 1.54) is 27.9 Å². The Bertz CT molecular complexity index is 1030. The Hall–Kier alpha value is -2.08. The second-order valence-electron chi connectivity index (χ2n) is 8.24. The van der Waals surface area contributed by atoms with E-state index in [2.05, 4.69) is 35.0 Å². The van der Waals surface area contributed by atoms with Gasteiger partial charge < -0.3 is 31.5 Å². The third-order valence-corrected chi connectivity index (χ3v) is 6.28. The van der Waals surface area contributed by atoms with Crippen molar-refractivity contribution in [2.24, 2.45) is 5.92 Å². The average molecular weight is 400 g/mol. The van der Waals surface area contributed by atoms with E-state index in [0.29, 0.717) is 18.4 Å². The zero-order valence-electron chi connectivity index (χ0n) is 15.8. The number of rotatable bonds is 4. The third kappa shape index (κ3) is 3.50. The Balaban J connectivity index is 0.00000192. The molecule has 2 bridgehead atoms. The average Bonchev–Trinajstić information content (AvgIpc) is 3.05. The van der Waals surface area contributed by atoms with E-state index in [0.717, 1.165) is 26.2 Å². The summed E-state index contributed by atoms with van der Waals surface area (Å²) < 4.78 is 4.12. The Morgan fingerprint density at radius 3 is 2.86 bits per heavy atom. The minimum Gasteiger partial charge on any atom is -1.00 e. The first-order valence-corrected chi connectivity index (χ1v) is 9.92. The van der Waals surface area contributed by atoms with Gasteiger partial charge in [0.1, 0.15) is 12.6 Å². The summed E-state index contributed by atoms with van der Waals surface area (Å²) in [5, 5.41) is 12.0. The smallest absolute Gasteiger partial charge is 0.250 e. The Kier molecular flexibility index (Phi) is 5.32. The highest BCUT2D eigenvalue weighted by Crippen LogP contribution is 2.30. The predicted octanol–water partition coefficient (Wildman–Crippen LogP) is -2.13. The zero-order valence-corrected chi connectivity index (χ0v) is 16.6. The molecule has 0 radical (unpaired) electrons. The van der Waals surface area contributed by atoms with Gasteiger partial charge in [0.15, 0.2) is 0 Å². The molecule has 3 aromatic rings. The van der Waals surface area contributed by atoms with Gasteiger partial charge in [-0.25, -0.2) is 0 Å². The van der Waals surface area contributed by atoms with Crippen molar-refractivity contribution in [2.45, 2.75) is 31.5 Å². The number of fused-ring (bicyclic) bond motifs is 5. The summed E-state index contributed by atoms with van der Waals surface area (Å²) in [7, 11) is 0. The number of pyridine rings is 1. The van der Waals surface area contributed by atoms with E-state index in [1.54, 1.807) is 6.07 Å². The van der Waals surface area contributed by atoms with E-state index in [4.69, 9.17) is 0 Å². The van der Waals surface area contributed by atoms with Crippen molar-refractivity contribution in [3.05, 3.63) is 70.8 Å². The number of aromatic nitrogens is 2. The van der Waals surface area contributed by atoms with E-state index in [1.807, 2.05) is 22.8 Å². The van der Waals surface area contributed by atoms with Crippen molar-refractivity contribution in [1.29, 1.82) is 0 Å². The predicted molar refractivity (Wildman–Crippen MR) is 105 cm³/mol. The van der Waals surface area contributed by atoms with Crippen LogP contribution < -0.4 is 22.9 Å². The number of hydrogen-bond donors (Lipinski definition) is 2. The molecule has 2 unspecified atom stereocenters. The summed E-state index contributed by atoms with van der Waals surface area (Å²) in [6.07, 6.45) is 2.87. The maximum absolute atomic E-state index is 12.2. The Morgan fingerprint density at radius 1 is 1.11 bits per heavy atom. The maximum Gasteiger partial charge on any atom is 0.250 e. The minimum absolute atomic E-state index is 0. The molecule has 28 heavy (non-hydrogen) atoms. The molecule has 0 aliphatic carbocycles. The molecule has 0 amide bonds. The van der Waals surface area contributed by atoms with Crippen LogP contribution in [0.3, 0.4) is 0 Å². The number of halogens is 1. The van der Waals surface area contributed by atoms with Crippen LogP contribution in [-0.4, -0.2) is 40.0 Å². The lowest BCUT2D eigenvalue weighted by Crippen LogP contribution is -3.15. The van der Waals surface area contributed by atoms with Crippen molar-refractivity contribution < 1.29 is 22.4 Å². The standard InChI is InChI=1S/C22H25N3O2.ClH/c26-19(15-24-9-8-17-4-1-2-5-20(17)24)14-23-11-16-10-18(13-23)21-6-3-7-22(27)25(21)12-16;/h1-9,16,18-19,26H,10-15H2;1H/t16-,18-,19?;/m1./s1. The molecule has 2 aromatic heterocycles. The number of hydrogen-bond acceptors (Lipinski definition) is 2. The van der Waals surface area contributed by atoms with Crippen molar-refractivity contribution in [3.8, 4) is 0 Å². The molecule has 0 spiro atoms. The summed E-state index contributed by atoms with van der Waals surface area (Å²) in [4.78, 5) is 13.6. The van der Waals surface area contributed by atoms with Gasteiger partial charge in [0, 0.05) is 41.9 Å². The molecular weight excluding hydrogens is 374 g/mol. The first kappa shape index (κ1) is 19.2. The molecule has 1 fully saturated rings. The van der Waals surface area contributed by atoms with Crippen LogP contribution in [0.15, 0.2) is 59.5 Å². The van der Waals surface area contributed by atoms with E-state index < -0.39 is 0 Å². The van der Waals surface area contributed by atoms with Gasteiger partial charge in [-0.15, -0.1) is 0 Å². The van der Waals surface area contributed by atoms with Gasteiger partial charge in [-0.1, -0.05) is 24.3 Å². The molecule has 2 N–H and O–H groups in total. The van der Waals surface area contributed by atoms with Crippen LogP contribution in [0.4, 0.5) is 0 Å². The normalized spacial score (nSPS) is 24.4. The number of aliphatic hydroxyl groups excluding tert-OH is 1. The van der Waals surface area contributed by atoms with Crippen molar-refractivity contribution in [3.63, 3.8) is 0 Å². The van der Waals surface area contributed by atoms with Gasteiger partial charge >= 0.3 is 0 Å². The molecule has 0 saturated carbocycles. The number of benzene rings is 1. The molecule has 6 heteroatoms. The van der Waals surface area contributed by atoms with E-state index in [9.17, 15) is 9.90 Å². The largest absolute Gasteiger partial charge is 1.00 e. The fraction of sp³-hybridized carbons (Fsp3) is 0.409. The number of nitrogens with one attached hydrogen (secondary N) is 1. The maximum atomic E-state index is 12.2. The van der Waals surface area contributed by atoms with Crippen LogP contribution >= 0.6 is 0 Å². The number of likely N-dealkylation sites (tertiary alicyclic amines) is 1. The van der Waals surface area contributed by atoms with Gasteiger partial charge in [0.2, 0.25) is 0 Å². The lowest BCUT2D eigenvalue weighted by atomic mass is 9.83. The Labute approximate surface area is 170 Å². The van der Waals surface area contributed by atoms with Crippen molar-refractivity contribution in [1.82, 2.24) is 9.13 Å². The Morgan fingerprint density at radius 2 is 1.96 bits per heavy atom. The van der Waals surface area contributed by atoms with Crippen LogP contribution in [-0.2, 0) is 13.1 Å². The van der Waals surface area contributed by atoms with Crippen LogP contribution in [0, 0.1) is 5.92 Å². The van der Waals surface area contributed by atoms with Crippen LogP contribution in [0.2, 0.25) is 0 Å². The summed E-state index contributed by atoms with van der Waals surface area (Å²) in [5.41, 5.74) is 2.49. The number of aliphatic hydroxyl groups is 1. The monoisotopic (exact) mass is 399 g/mol. The molecule has 5 rings (SSSR count). The van der Waals surface area contributed by atoms with Crippen molar-refractivity contribution in [2.75, 3.05) is 19.6 Å². The molecule has 1 saturated heterocycles. The molecule has 2 aliphatic rings. The fourth-order valence-corrected chi connectivity index (χ4v) is 5.21. The lowest BCUT2D eigenvalue weighted by Gasteiger charge is -2.40. The molecular formula is C22H26ClN3O2. The zero-order chi connectivity index (χ0) is 18.4. The van der Waals surface area contributed by atoms with Crippen LogP contribution in [0.1, 0.15) is 18.0 Å². The molecule has 5 nitrogen and oxygen atoms in total. The first-order valence-electron chi connectivity index (χ1n) is 9.92. The second kappa shape index (κ2) is 7.74. The van der Waals surface area contributed by atoms with E-state index in [-0.39, 0.29) is 24.1 Å². The van der Waals surface area contributed by atoms with Gasteiger partial charge in [-0.2, -0.15) is 0 Å². The van der Waals surface area contributed by atoms with Gasteiger partial charge in [-0.3, -0.25) is 4.79 Å². The lowest BCUT2D eigenvalue weighted by molar-refractivity contribution is -0.914. The first-order chi connectivity index (χ1) is 13.2. The quantitative estimate of drug-likeness (QED) is 0.526.